The highest BCUT2D eigenvalue weighted by Gasteiger charge is 2.13. The Hall–Kier alpha value is -1.60. The molecular formula is C18H21N. The van der Waals surface area contributed by atoms with Gasteiger partial charge in [0.05, 0.1) is 0 Å². The standard InChI is InChI=1S/C18H21N/c1-2-5-14-6-3-7-15(12-14)17-9-4-8-16-13-19-11-10-18(16)17/h3-4,6-9,12,19H,2,5,10-11,13H2,1H3. The lowest BCUT2D eigenvalue weighted by Crippen LogP contribution is -2.24. The molecular weight excluding hydrogens is 230 g/mol. The Balaban J connectivity index is 2.04. The van der Waals surface area contributed by atoms with Crippen LogP contribution in [0.5, 0.6) is 0 Å². The van der Waals surface area contributed by atoms with E-state index in [4.69, 9.17) is 0 Å². The van der Waals surface area contributed by atoms with Crippen molar-refractivity contribution in [3.8, 4) is 11.1 Å². The summed E-state index contributed by atoms with van der Waals surface area (Å²) < 4.78 is 0. The van der Waals surface area contributed by atoms with Crippen LogP contribution in [0.15, 0.2) is 42.5 Å². The van der Waals surface area contributed by atoms with Crippen LogP contribution in [-0.2, 0) is 19.4 Å². The lowest BCUT2D eigenvalue weighted by atomic mass is 9.90. The Labute approximate surface area is 115 Å². The van der Waals surface area contributed by atoms with Crippen molar-refractivity contribution in [2.75, 3.05) is 6.54 Å². The van der Waals surface area contributed by atoms with Gasteiger partial charge in [0, 0.05) is 6.54 Å². The average molecular weight is 251 g/mol. The van der Waals surface area contributed by atoms with Gasteiger partial charge in [0.2, 0.25) is 0 Å². The fraction of sp³-hybridized carbons (Fsp3) is 0.333. The van der Waals surface area contributed by atoms with E-state index in [-0.39, 0.29) is 0 Å². The van der Waals surface area contributed by atoms with Crippen LogP contribution >= 0.6 is 0 Å². The molecule has 0 radical (unpaired) electrons. The molecule has 98 valence electrons. The third kappa shape index (κ3) is 2.57. The first-order chi connectivity index (χ1) is 9.38. The van der Waals surface area contributed by atoms with Gasteiger partial charge >= 0.3 is 0 Å². The van der Waals surface area contributed by atoms with E-state index in [1.807, 2.05) is 0 Å². The van der Waals surface area contributed by atoms with Gasteiger partial charge < -0.3 is 5.32 Å². The maximum absolute atomic E-state index is 3.45. The van der Waals surface area contributed by atoms with E-state index in [9.17, 15) is 0 Å². The van der Waals surface area contributed by atoms with Gasteiger partial charge in [-0.15, -0.1) is 0 Å². The monoisotopic (exact) mass is 251 g/mol. The minimum atomic E-state index is 1.01. The van der Waals surface area contributed by atoms with Crippen molar-refractivity contribution in [3.05, 3.63) is 59.2 Å². The van der Waals surface area contributed by atoms with E-state index in [2.05, 4.69) is 54.7 Å². The predicted octanol–water partition coefficient (Wildman–Crippen LogP) is 3.95. The Morgan fingerprint density at radius 1 is 1.11 bits per heavy atom. The van der Waals surface area contributed by atoms with Crippen molar-refractivity contribution >= 4 is 0 Å². The third-order valence-electron chi connectivity index (χ3n) is 3.92. The quantitative estimate of drug-likeness (QED) is 0.871. The zero-order chi connectivity index (χ0) is 13.1. The van der Waals surface area contributed by atoms with Gasteiger partial charge in [-0.1, -0.05) is 55.8 Å². The Morgan fingerprint density at radius 3 is 2.89 bits per heavy atom. The van der Waals surface area contributed by atoms with Crippen LogP contribution in [0.4, 0.5) is 0 Å². The van der Waals surface area contributed by atoms with Gasteiger partial charge in [-0.3, -0.25) is 0 Å². The fourth-order valence-electron chi connectivity index (χ4n) is 2.99. The van der Waals surface area contributed by atoms with E-state index in [1.54, 1.807) is 0 Å². The molecule has 1 heterocycles. The molecule has 0 unspecified atom stereocenters. The molecule has 0 bridgehead atoms. The maximum atomic E-state index is 3.45. The first kappa shape index (κ1) is 12.4. The number of aryl methyl sites for hydroxylation is 1. The summed E-state index contributed by atoms with van der Waals surface area (Å²) in [6.07, 6.45) is 3.52. The maximum Gasteiger partial charge on any atom is 0.0208 e. The third-order valence-corrected chi connectivity index (χ3v) is 3.92. The first-order valence-corrected chi connectivity index (χ1v) is 7.29. The lowest BCUT2D eigenvalue weighted by molar-refractivity contribution is 0.645. The number of benzene rings is 2. The first-order valence-electron chi connectivity index (χ1n) is 7.29. The van der Waals surface area contributed by atoms with E-state index >= 15 is 0 Å². The molecule has 0 fully saturated rings. The Morgan fingerprint density at radius 2 is 2.00 bits per heavy atom. The zero-order valence-electron chi connectivity index (χ0n) is 11.6. The number of hydrogen-bond acceptors (Lipinski definition) is 1. The molecule has 19 heavy (non-hydrogen) atoms. The Bertz CT molecular complexity index is 572. The van der Waals surface area contributed by atoms with Crippen LogP contribution in [0, 0.1) is 0 Å². The molecule has 1 N–H and O–H groups in total. The highest BCUT2D eigenvalue weighted by Crippen LogP contribution is 2.29. The van der Waals surface area contributed by atoms with E-state index in [1.165, 1.54) is 40.7 Å². The molecule has 1 aliphatic rings. The summed E-state index contributed by atoms with van der Waals surface area (Å²) in [4.78, 5) is 0. The normalized spacial score (nSPS) is 14.2. The zero-order valence-corrected chi connectivity index (χ0v) is 11.6. The van der Waals surface area contributed by atoms with Crippen LogP contribution < -0.4 is 5.32 Å². The topological polar surface area (TPSA) is 12.0 Å². The summed E-state index contributed by atoms with van der Waals surface area (Å²) in [6, 6.07) is 15.8. The molecule has 3 rings (SSSR count). The number of rotatable bonds is 3. The van der Waals surface area contributed by atoms with E-state index in [0.717, 1.165) is 19.5 Å². The smallest absolute Gasteiger partial charge is 0.0208 e. The minimum absolute atomic E-state index is 1.01. The molecule has 0 saturated carbocycles. The molecule has 2 aromatic rings. The van der Waals surface area contributed by atoms with Crippen LogP contribution in [-0.4, -0.2) is 6.54 Å². The van der Waals surface area contributed by atoms with Crippen LogP contribution in [0.3, 0.4) is 0 Å². The molecule has 0 aromatic heterocycles. The second-order valence-electron chi connectivity index (χ2n) is 5.32. The molecule has 1 nitrogen and oxygen atoms in total. The van der Waals surface area contributed by atoms with Gasteiger partial charge in [-0.05, 0) is 47.2 Å². The highest BCUT2D eigenvalue weighted by atomic mass is 14.9. The molecule has 1 aliphatic heterocycles. The van der Waals surface area contributed by atoms with Crippen molar-refractivity contribution in [1.82, 2.24) is 5.32 Å². The molecule has 0 spiro atoms. The molecule has 0 atom stereocenters. The molecule has 0 aliphatic carbocycles. The van der Waals surface area contributed by atoms with Crippen LogP contribution in [0.2, 0.25) is 0 Å². The summed E-state index contributed by atoms with van der Waals surface area (Å²) in [7, 11) is 0. The van der Waals surface area contributed by atoms with Crippen molar-refractivity contribution in [2.24, 2.45) is 0 Å². The molecule has 0 amide bonds. The molecule has 2 aromatic carbocycles. The fourth-order valence-corrected chi connectivity index (χ4v) is 2.99. The summed E-state index contributed by atoms with van der Waals surface area (Å²) in [5, 5.41) is 3.45. The summed E-state index contributed by atoms with van der Waals surface area (Å²) in [6.45, 7) is 4.35. The Kier molecular flexibility index (Phi) is 3.65. The van der Waals surface area contributed by atoms with Crippen LogP contribution in [0.25, 0.3) is 11.1 Å². The summed E-state index contributed by atoms with van der Waals surface area (Å²) in [5.41, 5.74) is 7.26. The summed E-state index contributed by atoms with van der Waals surface area (Å²) in [5.74, 6) is 0. The van der Waals surface area contributed by atoms with Crippen molar-refractivity contribution < 1.29 is 0 Å². The van der Waals surface area contributed by atoms with Gasteiger partial charge in [0.1, 0.15) is 0 Å². The van der Waals surface area contributed by atoms with E-state index in [0.29, 0.717) is 0 Å². The number of nitrogens with one attached hydrogen (secondary N) is 1. The second kappa shape index (κ2) is 5.58. The minimum Gasteiger partial charge on any atom is -0.312 e. The van der Waals surface area contributed by atoms with E-state index < -0.39 is 0 Å². The largest absolute Gasteiger partial charge is 0.312 e. The predicted molar refractivity (Wildman–Crippen MR) is 81.3 cm³/mol. The van der Waals surface area contributed by atoms with Crippen molar-refractivity contribution in [1.29, 1.82) is 0 Å². The average Bonchev–Trinajstić information content (AvgIpc) is 2.47. The summed E-state index contributed by atoms with van der Waals surface area (Å²) >= 11 is 0. The van der Waals surface area contributed by atoms with Gasteiger partial charge in [0.15, 0.2) is 0 Å². The van der Waals surface area contributed by atoms with Crippen LogP contribution in [0.1, 0.15) is 30.0 Å². The lowest BCUT2D eigenvalue weighted by Gasteiger charge is -2.20. The molecule has 1 heteroatoms. The van der Waals surface area contributed by atoms with Crippen molar-refractivity contribution in [2.45, 2.75) is 32.7 Å². The number of fused-ring (bicyclic) bond motifs is 1. The molecule has 0 saturated heterocycles. The highest BCUT2D eigenvalue weighted by molar-refractivity contribution is 5.69. The second-order valence-corrected chi connectivity index (χ2v) is 5.32. The number of hydrogen-bond donors (Lipinski definition) is 1. The van der Waals surface area contributed by atoms with Crippen molar-refractivity contribution in [3.63, 3.8) is 0 Å². The van der Waals surface area contributed by atoms with Gasteiger partial charge in [-0.2, -0.15) is 0 Å². The SMILES string of the molecule is CCCc1cccc(-c2cccc3c2CCNC3)c1. The van der Waals surface area contributed by atoms with Gasteiger partial charge in [-0.25, -0.2) is 0 Å². The van der Waals surface area contributed by atoms with Gasteiger partial charge in [0.25, 0.3) is 0 Å².